The molecule has 30 heavy (non-hydrogen) atoms. The molecular weight excluding hydrogens is 416 g/mol. The van der Waals surface area contributed by atoms with Gasteiger partial charge in [0.25, 0.3) is 5.91 Å². The topological polar surface area (TPSA) is 66.0 Å². The number of hydrogen-bond donors (Lipinski definition) is 1. The van der Waals surface area contributed by atoms with E-state index in [0.717, 1.165) is 11.1 Å². The van der Waals surface area contributed by atoms with Crippen molar-refractivity contribution in [3.63, 3.8) is 0 Å². The maximum Gasteiger partial charge on any atom is 0.387 e. The molecule has 1 amide bonds. The molecule has 3 aromatic rings. The van der Waals surface area contributed by atoms with Crippen molar-refractivity contribution in [3.8, 4) is 23.0 Å². The van der Waals surface area contributed by atoms with E-state index < -0.39 is 12.5 Å². The van der Waals surface area contributed by atoms with Crippen molar-refractivity contribution in [1.29, 1.82) is 0 Å². The smallest absolute Gasteiger partial charge is 0.387 e. The van der Waals surface area contributed by atoms with Crippen LogP contribution in [-0.4, -0.2) is 19.3 Å². The molecule has 6 nitrogen and oxygen atoms in total. The third-order valence-corrected chi connectivity index (χ3v) is 5.21. The summed E-state index contributed by atoms with van der Waals surface area (Å²) in [5, 5.41) is 4.42. The lowest BCUT2D eigenvalue weighted by molar-refractivity contribution is -0.0494. The first kappa shape index (κ1) is 20.0. The zero-order chi connectivity index (χ0) is 21.1. The Labute approximate surface area is 175 Å². The van der Waals surface area contributed by atoms with Gasteiger partial charge in [0.15, 0.2) is 11.5 Å². The van der Waals surface area contributed by atoms with Crippen LogP contribution in [0.1, 0.15) is 20.8 Å². The van der Waals surface area contributed by atoms with Crippen LogP contribution in [0.5, 0.6) is 23.0 Å². The third kappa shape index (κ3) is 4.62. The number of halogens is 2. The van der Waals surface area contributed by atoms with Crippen molar-refractivity contribution in [1.82, 2.24) is 0 Å². The Hall–Kier alpha value is -3.33. The van der Waals surface area contributed by atoms with Crippen LogP contribution in [0.2, 0.25) is 0 Å². The number of carbonyl (C=O) groups is 1. The fourth-order valence-corrected chi connectivity index (χ4v) is 3.61. The highest BCUT2D eigenvalue weighted by Crippen LogP contribution is 2.35. The number of amides is 1. The second-order valence-electron chi connectivity index (χ2n) is 6.46. The number of aryl methyl sites for hydroxylation is 1. The summed E-state index contributed by atoms with van der Waals surface area (Å²) in [6.45, 7) is -0.792. The molecule has 9 heteroatoms. The van der Waals surface area contributed by atoms with Crippen LogP contribution in [0.25, 0.3) is 0 Å². The first-order valence-corrected chi connectivity index (χ1v) is 9.82. The molecule has 0 aliphatic carbocycles. The largest absolute Gasteiger partial charge is 0.489 e. The second kappa shape index (κ2) is 8.58. The summed E-state index contributed by atoms with van der Waals surface area (Å²) in [7, 11) is 0. The van der Waals surface area contributed by atoms with Gasteiger partial charge in [0.2, 0.25) is 6.79 Å². The SMILES string of the molecule is Cc1ccc(NC(=O)c2cc(COc3ccc4c(c3)OCO4)cs2)c(OC(F)F)c1. The second-order valence-corrected chi connectivity index (χ2v) is 7.37. The van der Waals surface area contributed by atoms with Gasteiger partial charge in [-0.1, -0.05) is 6.07 Å². The molecule has 1 aromatic heterocycles. The first-order valence-electron chi connectivity index (χ1n) is 8.94. The van der Waals surface area contributed by atoms with E-state index in [1.54, 1.807) is 42.6 Å². The predicted molar refractivity (Wildman–Crippen MR) is 107 cm³/mol. The number of hydrogen-bond acceptors (Lipinski definition) is 6. The van der Waals surface area contributed by atoms with E-state index in [0.29, 0.717) is 22.1 Å². The maximum absolute atomic E-state index is 12.6. The summed E-state index contributed by atoms with van der Waals surface area (Å²) in [6.07, 6.45) is 0. The van der Waals surface area contributed by atoms with E-state index >= 15 is 0 Å². The number of alkyl halides is 2. The number of nitrogens with one attached hydrogen (secondary N) is 1. The van der Waals surface area contributed by atoms with Gasteiger partial charge < -0.3 is 24.3 Å². The van der Waals surface area contributed by atoms with Gasteiger partial charge in [0.1, 0.15) is 18.1 Å². The molecule has 0 bridgehead atoms. The minimum absolute atomic E-state index is 0.0822. The highest BCUT2D eigenvalue weighted by Gasteiger charge is 2.16. The van der Waals surface area contributed by atoms with Gasteiger partial charge in [-0.2, -0.15) is 8.78 Å². The molecule has 1 aliphatic heterocycles. The zero-order valence-electron chi connectivity index (χ0n) is 15.8. The first-order chi connectivity index (χ1) is 14.5. The van der Waals surface area contributed by atoms with Crippen molar-refractivity contribution >= 4 is 22.9 Å². The fourth-order valence-electron chi connectivity index (χ4n) is 2.81. The van der Waals surface area contributed by atoms with Gasteiger partial charge in [0, 0.05) is 11.6 Å². The van der Waals surface area contributed by atoms with E-state index in [2.05, 4.69) is 10.1 Å². The van der Waals surface area contributed by atoms with Crippen LogP contribution < -0.4 is 24.3 Å². The minimum atomic E-state index is -2.98. The van der Waals surface area contributed by atoms with Crippen molar-refractivity contribution in [2.24, 2.45) is 0 Å². The Balaban J connectivity index is 1.40. The lowest BCUT2D eigenvalue weighted by Gasteiger charge is -2.12. The van der Waals surface area contributed by atoms with Gasteiger partial charge >= 0.3 is 6.61 Å². The third-order valence-electron chi connectivity index (χ3n) is 4.23. The summed E-state index contributed by atoms with van der Waals surface area (Å²) >= 11 is 1.23. The molecule has 1 aliphatic rings. The molecule has 156 valence electrons. The number of ether oxygens (including phenoxy) is 4. The van der Waals surface area contributed by atoms with Gasteiger partial charge in [-0.3, -0.25) is 4.79 Å². The van der Waals surface area contributed by atoms with E-state index in [9.17, 15) is 13.6 Å². The molecule has 0 saturated carbocycles. The number of anilines is 1. The quantitative estimate of drug-likeness (QED) is 0.554. The van der Waals surface area contributed by atoms with E-state index in [4.69, 9.17) is 14.2 Å². The van der Waals surface area contributed by atoms with Gasteiger partial charge in [-0.25, -0.2) is 0 Å². The normalized spacial score (nSPS) is 12.1. The summed E-state index contributed by atoms with van der Waals surface area (Å²) in [5.41, 5.74) is 1.72. The summed E-state index contributed by atoms with van der Waals surface area (Å²) in [5.74, 6) is 1.41. The molecule has 0 spiro atoms. The molecular formula is C21H17F2NO5S. The Morgan fingerprint density at radius 2 is 2.00 bits per heavy atom. The van der Waals surface area contributed by atoms with Crippen LogP contribution in [0, 0.1) is 6.92 Å². The number of thiophene rings is 1. The number of rotatable bonds is 7. The monoisotopic (exact) mass is 433 g/mol. The number of benzene rings is 2. The van der Waals surface area contributed by atoms with Crippen LogP contribution in [0.4, 0.5) is 14.5 Å². The van der Waals surface area contributed by atoms with Gasteiger partial charge in [0.05, 0.1) is 10.6 Å². The summed E-state index contributed by atoms with van der Waals surface area (Å²) in [6, 6.07) is 11.6. The molecule has 0 fully saturated rings. The molecule has 0 radical (unpaired) electrons. The van der Waals surface area contributed by atoms with Crippen LogP contribution in [0.3, 0.4) is 0 Å². The van der Waals surface area contributed by atoms with Crippen molar-refractivity contribution in [2.45, 2.75) is 20.1 Å². The van der Waals surface area contributed by atoms with Crippen LogP contribution in [-0.2, 0) is 6.61 Å². The summed E-state index contributed by atoms with van der Waals surface area (Å²) < 4.78 is 46.1. The lowest BCUT2D eigenvalue weighted by Crippen LogP contribution is -2.13. The maximum atomic E-state index is 12.6. The standard InChI is InChI=1S/C21H17F2NO5S/c1-12-2-4-15(17(6-12)29-21(22)23)24-20(25)19-7-13(10-30-19)9-26-14-3-5-16-18(8-14)28-11-27-16/h2-8,10,21H,9,11H2,1H3,(H,24,25). The van der Waals surface area contributed by atoms with Crippen molar-refractivity contribution < 1.29 is 32.5 Å². The van der Waals surface area contributed by atoms with Crippen molar-refractivity contribution in [3.05, 3.63) is 63.8 Å². The van der Waals surface area contributed by atoms with Crippen LogP contribution in [0.15, 0.2) is 47.8 Å². The number of fused-ring (bicyclic) bond motifs is 1. The Kier molecular flexibility index (Phi) is 5.71. The molecule has 4 rings (SSSR count). The Morgan fingerprint density at radius 1 is 1.17 bits per heavy atom. The zero-order valence-corrected chi connectivity index (χ0v) is 16.6. The molecule has 0 atom stereocenters. The highest BCUT2D eigenvalue weighted by atomic mass is 32.1. The highest BCUT2D eigenvalue weighted by molar-refractivity contribution is 7.12. The minimum Gasteiger partial charge on any atom is -0.489 e. The van der Waals surface area contributed by atoms with Gasteiger partial charge in [-0.05, 0) is 48.2 Å². The Morgan fingerprint density at radius 3 is 2.83 bits per heavy atom. The predicted octanol–water partition coefficient (Wildman–Crippen LogP) is 5.22. The molecule has 2 heterocycles. The lowest BCUT2D eigenvalue weighted by atomic mass is 10.2. The summed E-state index contributed by atoms with van der Waals surface area (Å²) in [4.78, 5) is 13.0. The van der Waals surface area contributed by atoms with E-state index in [1.807, 2.05) is 0 Å². The molecule has 0 unspecified atom stereocenters. The fraction of sp³-hybridized carbons (Fsp3) is 0.190. The van der Waals surface area contributed by atoms with Crippen LogP contribution >= 0.6 is 11.3 Å². The van der Waals surface area contributed by atoms with Gasteiger partial charge in [-0.15, -0.1) is 11.3 Å². The molecule has 0 saturated heterocycles. The van der Waals surface area contributed by atoms with E-state index in [-0.39, 0.29) is 24.8 Å². The molecule has 1 N–H and O–H groups in total. The Bertz CT molecular complexity index is 1070. The van der Waals surface area contributed by atoms with Crippen molar-refractivity contribution in [2.75, 3.05) is 12.1 Å². The average Bonchev–Trinajstić information content (AvgIpc) is 3.36. The number of carbonyl (C=O) groups excluding carboxylic acids is 1. The van der Waals surface area contributed by atoms with E-state index in [1.165, 1.54) is 23.5 Å². The molecule has 2 aromatic carbocycles. The average molecular weight is 433 g/mol.